The first kappa shape index (κ1) is 24.7. The molecule has 2 amide bonds. The van der Waals surface area contributed by atoms with Crippen LogP contribution in [0.5, 0.6) is 0 Å². The van der Waals surface area contributed by atoms with Crippen LogP contribution in [0, 0.1) is 31.6 Å². The van der Waals surface area contributed by atoms with E-state index in [0.717, 1.165) is 16.8 Å². The second kappa shape index (κ2) is 8.56. The van der Waals surface area contributed by atoms with Gasteiger partial charge in [-0.25, -0.2) is 0 Å². The summed E-state index contributed by atoms with van der Waals surface area (Å²) in [5.74, 6) is -3.16. The molecule has 0 aromatic heterocycles. The average molecular weight is 495 g/mol. The Labute approximate surface area is 211 Å². The standard InChI is InChI=1S/C28H34N2O6/c1-16(2)20(15-31)30-23-25(33)29(19-14-17(3)8-9-18(19)4)12-6-11-28(23)21(24(30)32)22-26(34)35-13-7-10-27(22,5)36-28/h6-11,14,16,20-23,31H,12-13,15H2,1-5H3/t20-,21-,22-,23?,27+,28-/m0/s1. The number of carbonyl (C=O) groups is 3. The van der Waals surface area contributed by atoms with E-state index in [9.17, 15) is 19.5 Å². The number of aryl methyl sites for hydroxylation is 2. The van der Waals surface area contributed by atoms with Gasteiger partial charge in [-0.05, 0) is 50.0 Å². The lowest BCUT2D eigenvalue weighted by atomic mass is 9.75. The van der Waals surface area contributed by atoms with Crippen LogP contribution in [0.4, 0.5) is 5.69 Å². The first-order chi connectivity index (χ1) is 17.1. The van der Waals surface area contributed by atoms with Crippen LogP contribution in [0.3, 0.4) is 0 Å². The lowest BCUT2D eigenvalue weighted by molar-refractivity contribution is -0.158. The molecule has 8 heteroatoms. The molecule has 6 atom stereocenters. The van der Waals surface area contributed by atoms with E-state index in [-0.39, 0.29) is 30.9 Å². The molecule has 4 heterocycles. The monoisotopic (exact) mass is 494 g/mol. The largest absolute Gasteiger partial charge is 0.461 e. The van der Waals surface area contributed by atoms with E-state index in [0.29, 0.717) is 6.54 Å². The van der Waals surface area contributed by atoms with E-state index in [1.807, 2.05) is 52.0 Å². The molecule has 1 N–H and O–H groups in total. The lowest BCUT2D eigenvalue weighted by Crippen LogP contribution is -2.59. The summed E-state index contributed by atoms with van der Waals surface area (Å²) >= 11 is 0. The fraction of sp³-hybridized carbons (Fsp3) is 0.536. The van der Waals surface area contributed by atoms with Crippen LogP contribution in [-0.4, -0.2) is 70.8 Å². The molecule has 2 fully saturated rings. The third-order valence-electron chi connectivity index (χ3n) is 8.22. The van der Waals surface area contributed by atoms with Gasteiger partial charge in [-0.15, -0.1) is 0 Å². The van der Waals surface area contributed by atoms with E-state index in [1.165, 1.54) is 4.90 Å². The van der Waals surface area contributed by atoms with Crippen molar-refractivity contribution in [2.75, 3.05) is 24.7 Å². The summed E-state index contributed by atoms with van der Waals surface area (Å²) in [5.41, 5.74) is 0.232. The third-order valence-corrected chi connectivity index (χ3v) is 8.22. The maximum Gasteiger partial charge on any atom is 0.313 e. The van der Waals surface area contributed by atoms with Gasteiger partial charge in [-0.1, -0.05) is 44.2 Å². The van der Waals surface area contributed by atoms with Crippen molar-refractivity contribution in [2.24, 2.45) is 17.8 Å². The molecule has 0 aliphatic carbocycles. The number of likely N-dealkylation sites (tertiary alicyclic amines) is 1. The Morgan fingerprint density at radius 1 is 1.08 bits per heavy atom. The van der Waals surface area contributed by atoms with Gasteiger partial charge in [0.05, 0.1) is 24.2 Å². The average Bonchev–Trinajstić information content (AvgIpc) is 3.07. The van der Waals surface area contributed by atoms with Gasteiger partial charge in [0.2, 0.25) is 5.91 Å². The van der Waals surface area contributed by atoms with Crippen molar-refractivity contribution in [3.05, 3.63) is 53.6 Å². The Hall–Kier alpha value is -2.97. The zero-order valence-electron chi connectivity index (χ0n) is 21.4. The van der Waals surface area contributed by atoms with Gasteiger partial charge >= 0.3 is 5.97 Å². The van der Waals surface area contributed by atoms with Crippen LogP contribution in [-0.2, 0) is 23.9 Å². The van der Waals surface area contributed by atoms with Gasteiger partial charge in [0.15, 0.2) is 0 Å². The highest BCUT2D eigenvalue weighted by molar-refractivity contribution is 6.06. The number of benzene rings is 1. The third kappa shape index (κ3) is 3.38. The highest BCUT2D eigenvalue weighted by atomic mass is 16.6. The Kier molecular flexibility index (Phi) is 5.87. The van der Waals surface area contributed by atoms with E-state index in [4.69, 9.17) is 9.47 Å². The highest BCUT2D eigenvalue weighted by Gasteiger charge is 2.75. The Morgan fingerprint density at radius 2 is 1.83 bits per heavy atom. The van der Waals surface area contributed by atoms with E-state index in [2.05, 4.69) is 0 Å². The van der Waals surface area contributed by atoms with Gasteiger partial charge in [-0.3, -0.25) is 14.4 Å². The molecule has 0 radical (unpaired) electrons. The molecular formula is C28H34N2O6. The molecular weight excluding hydrogens is 460 g/mol. The summed E-state index contributed by atoms with van der Waals surface area (Å²) in [6.07, 6.45) is 7.17. The summed E-state index contributed by atoms with van der Waals surface area (Å²) in [7, 11) is 0. The Balaban J connectivity index is 1.71. The van der Waals surface area contributed by atoms with Gasteiger partial charge in [0.25, 0.3) is 5.91 Å². The number of hydrogen-bond acceptors (Lipinski definition) is 6. The van der Waals surface area contributed by atoms with Gasteiger partial charge < -0.3 is 24.4 Å². The molecule has 1 spiro atoms. The quantitative estimate of drug-likeness (QED) is 0.510. The molecule has 36 heavy (non-hydrogen) atoms. The SMILES string of the molecule is Cc1ccc(C)c(N2CC=C[C@]34O[C@]5(C)C=CCOC(=O)[C@@H]5[C@H]3C(=O)N([C@@H](CO)C(C)C)C4C2=O)c1. The molecule has 192 valence electrons. The fourth-order valence-corrected chi connectivity index (χ4v) is 6.50. The minimum Gasteiger partial charge on any atom is -0.461 e. The predicted octanol–water partition coefficient (Wildman–Crippen LogP) is 2.31. The van der Waals surface area contributed by atoms with Crippen molar-refractivity contribution in [3.8, 4) is 0 Å². The summed E-state index contributed by atoms with van der Waals surface area (Å²) in [5, 5.41) is 10.3. The number of rotatable bonds is 4. The van der Waals surface area contributed by atoms with Crippen molar-refractivity contribution < 1.29 is 29.0 Å². The number of anilines is 1. The fourth-order valence-electron chi connectivity index (χ4n) is 6.50. The minimum absolute atomic E-state index is 0.107. The van der Waals surface area contributed by atoms with Crippen LogP contribution in [0.25, 0.3) is 0 Å². The number of aliphatic hydroxyl groups excluding tert-OH is 1. The predicted molar refractivity (Wildman–Crippen MR) is 133 cm³/mol. The minimum atomic E-state index is -1.37. The molecule has 1 aromatic carbocycles. The number of fused-ring (bicyclic) bond motifs is 2. The normalized spacial score (nSPS) is 34.3. The summed E-state index contributed by atoms with van der Waals surface area (Å²) in [4.78, 5) is 45.1. The molecule has 0 bridgehead atoms. The molecule has 5 rings (SSSR count). The highest BCUT2D eigenvalue weighted by Crippen LogP contribution is 2.58. The molecule has 1 unspecified atom stereocenters. The second-order valence-electron chi connectivity index (χ2n) is 10.9. The first-order valence-corrected chi connectivity index (χ1v) is 12.6. The summed E-state index contributed by atoms with van der Waals surface area (Å²) < 4.78 is 12.1. The molecule has 8 nitrogen and oxygen atoms in total. The zero-order valence-corrected chi connectivity index (χ0v) is 21.4. The van der Waals surface area contributed by atoms with Gasteiger partial charge in [0, 0.05) is 12.2 Å². The Morgan fingerprint density at radius 3 is 2.53 bits per heavy atom. The van der Waals surface area contributed by atoms with Crippen LogP contribution in [0.1, 0.15) is 31.9 Å². The number of aliphatic hydroxyl groups is 1. The maximum absolute atomic E-state index is 14.5. The Bertz CT molecular complexity index is 1170. The smallest absolute Gasteiger partial charge is 0.313 e. The van der Waals surface area contributed by atoms with Gasteiger partial charge in [-0.2, -0.15) is 0 Å². The van der Waals surface area contributed by atoms with Crippen molar-refractivity contribution >= 4 is 23.5 Å². The molecule has 2 saturated heterocycles. The molecule has 4 aliphatic heterocycles. The first-order valence-electron chi connectivity index (χ1n) is 12.6. The number of nitrogens with zero attached hydrogens (tertiary/aromatic N) is 2. The van der Waals surface area contributed by atoms with E-state index in [1.54, 1.807) is 30.1 Å². The summed E-state index contributed by atoms with van der Waals surface area (Å²) in [6, 6.07) is 4.27. The second-order valence-corrected chi connectivity index (χ2v) is 10.9. The topological polar surface area (TPSA) is 96.4 Å². The number of amides is 2. The van der Waals surface area contributed by atoms with Crippen LogP contribution in [0.15, 0.2) is 42.5 Å². The van der Waals surface area contributed by atoms with Crippen LogP contribution in [0.2, 0.25) is 0 Å². The lowest BCUT2D eigenvalue weighted by Gasteiger charge is -2.41. The molecule has 1 aromatic rings. The maximum atomic E-state index is 14.5. The number of cyclic esters (lactones) is 1. The number of ether oxygens (including phenoxy) is 2. The molecule has 4 aliphatic rings. The van der Waals surface area contributed by atoms with Crippen LogP contribution < -0.4 is 4.90 Å². The van der Waals surface area contributed by atoms with Crippen molar-refractivity contribution in [1.29, 1.82) is 0 Å². The van der Waals surface area contributed by atoms with E-state index < -0.39 is 41.1 Å². The van der Waals surface area contributed by atoms with Crippen molar-refractivity contribution in [1.82, 2.24) is 4.90 Å². The number of esters is 1. The summed E-state index contributed by atoms with van der Waals surface area (Å²) in [6.45, 7) is 9.60. The van der Waals surface area contributed by atoms with Crippen molar-refractivity contribution in [2.45, 2.75) is 57.9 Å². The van der Waals surface area contributed by atoms with E-state index >= 15 is 0 Å². The number of hydrogen-bond donors (Lipinski definition) is 1. The molecule has 0 saturated carbocycles. The van der Waals surface area contributed by atoms with Gasteiger partial charge in [0.1, 0.15) is 24.2 Å². The van der Waals surface area contributed by atoms with Crippen LogP contribution >= 0.6 is 0 Å². The van der Waals surface area contributed by atoms with Crippen molar-refractivity contribution in [3.63, 3.8) is 0 Å². The number of carbonyl (C=O) groups excluding carboxylic acids is 3. The zero-order chi connectivity index (χ0) is 26.0.